The van der Waals surface area contributed by atoms with Gasteiger partial charge in [-0.3, -0.25) is 0 Å². The molecule has 0 saturated carbocycles. The first kappa shape index (κ1) is 12.0. The van der Waals surface area contributed by atoms with Gasteiger partial charge >= 0.3 is 0 Å². The van der Waals surface area contributed by atoms with Crippen LogP contribution in [0.2, 0.25) is 0 Å². The average molecular weight is 219 g/mol. The van der Waals surface area contributed by atoms with Crippen molar-refractivity contribution in [2.24, 2.45) is 0 Å². The Morgan fingerprint density at radius 2 is 1.93 bits per heavy atom. The van der Waals surface area contributed by atoms with Crippen LogP contribution < -0.4 is 5.32 Å². The van der Waals surface area contributed by atoms with E-state index in [-0.39, 0.29) is 11.6 Å². The third kappa shape index (κ3) is 2.95. The highest BCUT2D eigenvalue weighted by molar-refractivity contribution is 7.91. The molecule has 0 spiro atoms. The van der Waals surface area contributed by atoms with Gasteiger partial charge in [0.15, 0.2) is 9.84 Å². The molecule has 1 aliphatic rings. The highest BCUT2D eigenvalue weighted by Gasteiger charge is 2.32. The first-order valence-electron chi connectivity index (χ1n) is 5.39. The van der Waals surface area contributed by atoms with Crippen LogP contribution in [-0.2, 0) is 9.84 Å². The van der Waals surface area contributed by atoms with Gasteiger partial charge in [-0.1, -0.05) is 13.8 Å². The van der Waals surface area contributed by atoms with Gasteiger partial charge in [0.2, 0.25) is 0 Å². The maximum absolute atomic E-state index is 11.3. The quantitative estimate of drug-likeness (QED) is 0.776. The number of hydrogen-bond donors (Lipinski definition) is 1. The summed E-state index contributed by atoms with van der Waals surface area (Å²) in [4.78, 5) is 0. The van der Waals surface area contributed by atoms with Gasteiger partial charge in [-0.25, -0.2) is 8.42 Å². The van der Waals surface area contributed by atoms with Gasteiger partial charge in [-0.05, 0) is 26.2 Å². The Morgan fingerprint density at radius 3 is 2.29 bits per heavy atom. The third-order valence-corrected chi connectivity index (χ3v) is 5.11. The van der Waals surface area contributed by atoms with E-state index in [0.717, 1.165) is 19.3 Å². The molecule has 3 nitrogen and oxygen atoms in total. The predicted molar refractivity (Wildman–Crippen MR) is 59.2 cm³/mol. The zero-order chi connectivity index (χ0) is 10.8. The molecule has 0 aliphatic carbocycles. The summed E-state index contributed by atoms with van der Waals surface area (Å²) >= 11 is 0. The molecule has 4 heteroatoms. The van der Waals surface area contributed by atoms with Gasteiger partial charge in [-0.15, -0.1) is 0 Å². The van der Waals surface area contributed by atoms with Crippen molar-refractivity contribution in [3.63, 3.8) is 0 Å². The van der Waals surface area contributed by atoms with Crippen molar-refractivity contribution in [1.82, 2.24) is 5.32 Å². The summed E-state index contributed by atoms with van der Waals surface area (Å²) in [6.45, 7) is 6.44. The molecule has 1 aliphatic heterocycles. The molecule has 1 heterocycles. The molecule has 0 aromatic carbocycles. The SMILES string of the molecule is CCC(C)(CC)NC1CCS(=O)(=O)C1. The molecule has 0 aromatic rings. The van der Waals surface area contributed by atoms with Crippen molar-refractivity contribution >= 4 is 9.84 Å². The molecule has 1 fully saturated rings. The third-order valence-electron chi connectivity index (χ3n) is 3.35. The van der Waals surface area contributed by atoms with Crippen LogP contribution in [0.15, 0.2) is 0 Å². The van der Waals surface area contributed by atoms with Crippen molar-refractivity contribution in [3.8, 4) is 0 Å². The second-order valence-electron chi connectivity index (χ2n) is 4.51. The first-order chi connectivity index (χ1) is 6.41. The number of hydrogen-bond acceptors (Lipinski definition) is 3. The molecule has 1 rings (SSSR count). The Hall–Kier alpha value is -0.0900. The largest absolute Gasteiger partial charge is 0.308 e. The molecular formula is C10H21NO2S. The van der Waals surface area contributed by atoms with Gasteiger partial charge in [-0.2, -0.15) is 0 Å². The first-order valence-corrected chi connectivity index (χ1v) is 7.21. The van der Waals surface area contributed by atoms with Crippen LogP contribution in [0.1, 0.15) is 40.0 Å². The summed E-state index contributed by atoms with van der Waals surface area (Å²) in [6.07, 6.45) is 2.86. The van der Waals surface area contributed by atoms with Crippen LogP contribution in [0.4, 0.5) is 0 Å². The monoisotopic (exact) mass is 219 g/mol. The van der Waals surface area contributed by atoms with E-state index in [1.165, 1.54) is 0 Å². The summed E-state index contributed by atoms with van der Waals surface area (Å²) in [5.41, 5.74) is 0.102. The molecule has 0 amide bonds. The van der Waals surface area contributed by atoms with Crippen molar-refractivity contribution in [2.75, 3.05) is 11.5 Å². The fourth-order valence-corrected chi connectivity index (χ4v) is 3.53. The van der Waals surface area contributed by atoms with Crippen LogP contribution >= 0.6 is 0 Å². The Balaban J connectivity index is 2.54. The maximum Gasteiger partial charge on any atom is 0.151 e. The number of sulfone groups is 1. The van der Waals surface area contributed by atoms with Gasteiger partial charge in [0, 0.05) is 11.6 Å². The molecule has 14 heavy (non-hydrogen) atoms. The lowest BCUT2D eigenvalue weighted by molar-refractivity contribution is 0.299. The fraction of sp³-hybridized carbons (Fsp3) is 1.00. The van der Waals surface area contributed by atoms with Gasteiger partial charge in [0.05, 0.1) is 11.5 Å². The Kier molecular flexibility index (Phi) is 3.58. The summed E-state index contributed by atoms with van der Waals surface area (Å²) in [5.74, 6) is 0.677. The van der Waals surface area contributed by atoms with E-state index >= 15 is 0 Å². The van der Waals surface area contributed by atoms with E-state index in [1.54, 1.807) is 0 Å². The standard InChI is InChI=1S/C10H21NO2S/c1-4-10(3,5-2)11-9-6-7-14(12,13)8-9/h9,11H,4-8H2,1-3H3. The second kappa shape index (κ2) is 4.19. The van der Waals surface area contributed by atoms with Gasteiger partial charge < -0.3 is 5.32 Å². The van der Waals surface area contributed by atoms with Crippen molar-refractivity contribution < 1.29 is 8.42 Å². The molecule has 1 N–H and O–H groups in total. The molecule has 1 saturated heterocycles. The molecule has 0 aromatic heterocycles. The van der Waals surface area contributed by atoms with Gasteiger partial charge in [0.25, 0.3) is 0 Å². The van der Waals surface area contributed by atoms with Crippen LogP contribution in [-0.4, -0.2) is 31.5 Å². The van der Waals surface area contributed by atoms with E-state index in [4.69, 9.17) is 0 Å². The summed E-state index contributed by atoms with van der Waals surface area (Å²) in [7, 11) is -2.75. The highest BCUT2D eigenvalue weighted by Crippen LogP contribution is 2.19. The van der Waals surface area contributed by atoms with Crippen molar-refractivity contribution in [3.05, 3.63) is 0 Å². The summed E-state index contributed by atoms with van der Waals surface area (Å²) < 4.78 is 22.5. The molecule has 0 bridgehead atoms. The molecule has 1 unspecified atom stereocenters. The van der Waals surface area contributed by atoms with Crippen molar-refractivity contribution in [2.45, 2.75) is 51.6 Å². The summed E-state index contributed by atoms with van der Waals surface area (Å²) in [5, 5.41) is 3.47. The highest BCUT2D eigenvalue weighted by atomic mass is 32.2. The van der Waals surface area contributed by atoms with E-state index in [0.29, 0.717) is 11.5 Å². The summed E-state index contributed by atoms with van der Waals surface area (Å²) in [6, 6.07) is 0.171. The lowest BCUT2D eigenvalue weighted by atomic mass is 9.94. The normalized spacial score (nSPS) is 26.6. The van der Waals surface area contributed by atoms with Crippen LogP contribution in [0.3, 0.4) is 0 Å². The maximum atomic E-state index is 11.3. The molecule has 1 atom stereocenters. The van der Waals surface area contributed by atoms with E-state index in [9.17, 15) is 8.42 Å². The van der Waals surface area contributed by atoms with E-state index in [2.05, 4.69) is 26.1 Å². The predicted octanol–water partition coefficient (Wildman–Crippen LogP) is 1.34. The Bertz CT molecular complexity index is 280. The fourth-order valence-electron chi connectivity index (χ4n) is 1.86. The lowest BCUT2D eigenvalue weighted by Crippen LogP contribution is -2.47. The zero-order valence-corrected chi connectivity index (χ0v) is 10.2. The Labute approximate surface area is 87.2 Å². The van der Waals surface area contributed by atoms with Gasteiger partial charge in [0.1, 0.15) is 0 Å². The minimum Gasteiger partial charge on any atom is -0.308 e. The molecule has 84 valence electrons. The molecule has 0 radical (unpaired) electrons. The van der Waals surface area contributed by atoms with Crippen LogP contribution in [0, 0.1) is 0 Å². The average Bonchev–Trinajstić information content (AvgIpc) is 2.45. The van der Waals surface area contributed by atoms with Crippen molar-refractivity contribution in [1.29, 1.82) is 0 Å². The zero-order valence-electron chi connectivity index (χ0n) is 9.34. The lowest BCUT2D eigenvalue weighted by Gasteiger charge is -2.31. The topological polar surface area (TPSA) is 46.2 Å². The smallest absolute Gasteiger partial charge is 0.151 e. The van der Waals surface area contributed by atoms with E-state index < -0.39 is 9.84 Å². The van der Waals surface area contributed by atoms with Crippen LogP contribution in [0.5, 0.6) is 0 Å². The Morgan fingerprint density at radius 1 is 1.36 bits per heavy atom. The molecular weight excluding hydrogens is 198 g/mol. The number of nitrogens with one attached hydrogen (secondary N) is 1. The van der Waals surface area contributed by atoms with Crippen LogP contribution in [0.25, 0.3) is 0 Å². The minimum atomic E-state index is -2.75. The minimum absolute atomic E-state index is 0.102. The number of rotatable bonds is 4. The van der Waals surface area contributed by atoms with E-state index in [1.807, 2.05) is 0 Å². The second-order valence-corrected chi connectivity index (χ2v) is 6.74.